The van der Waals surface area contributed by atoms with Crippen molar-refractivity contribution in [3.8, 4) is 5.75 Å². The van der Waals surface area contributed by atoms with Gasteiger partial charge in [-0.3, -0.25) is 10.1 Å². The van der Waals surface area contributed by atoms with Gasteiger partial charge >= 0.3 is 0 Å². The van der Waals surface area contributed by atoms with Crippen LogP contribution in [0.5, 0.6) is 5.75 Å². The fraction of sp³-hybridized carbons (Fsp3) is 0.0833. The van der Waals surface area contributed by atoms with Crippen molar-refractivity contribution in [2.75, 3.05) is 16.1 Å². The molecule has 188 valence electrons. The first-order chi connectivity index (χ1) is 17.9. The molecule has 0 atom stereocenters. The maximum atomic E-state index is 13.2. The Kier molecular flexibility index (Phi) is 7.73. The number of phenolic OH excluding ortho intramolecular Hbond substituents is 1. The lowest BCUT2D eigenvalue weighted by atomic mass is 10.2. The number of aromatic hydroxyl groups is 1. The molecule has 0 bridgehead atoms. The van der Waals surface area contributed by atoms with E-state index in [4.69, 9.17) is 0 Å². The molecule has 0 radical (unpaired) electrons. The number of hydrogen-bond acceptors (Lipinski definition) is 10. The maximum Gasteiger partial charge on any atom is 0.281 e. The molecule has 0 fully saturated rings. The van der Waals surface area contributed by atoms with Crippen LogP contribution in [0.15, 0.2) is 71.8 Å². The molecule has 11 nitrogen and oxygen atoms in total. The molecule has 4 N–H and O–H groups in total. The summed E-state index contributed by atoms with van der Waals surface area (Å²) in [5.41, 5.74) is 3.70. The van der Waals surface area contributed by atoms with Crippen LogP contribution < -0.4 is 16.1 Å². The first-order valence-electron chi connectivity index (χ1n) is 10.9. The summed E-state index contributed by atoms with van der Waals surface area (Å²) < 4.78 is 26.4. The number of aromatic nitrogens is 3. The summed E-state index contributed by atoms with van der Waals surface area (Å²) in [6.45, 7) is 0.572. The third-order valence-corrected chi connectivity index (χ3v) is 4.98. The number of hydrazone groups is 1. The number of nitro benzene ring substituents is 1. The molecule has 1 aromatic heterocycles. The molecule has 4 aromatic rings. The van der Waals surface area contributed by atoms with Gasteiger partial charge in [-0.2, -0.15) is 20.1 Å². The van der Waals surface area contributed by atoms with Crippen LogP contribution >= 0.6 is 0 Å². The van der Waals surface area contributed by atoms with Crippen molar-refractivity contribution in [1.29, 1.82) is 0 Å². The van der Waals surface area contributed by atoms with Gasteiger partial charge in [0.1, 0.15) is 22.9 Å². The summed E-state index contributed by atoms with van der Waals surface area (Å²) in [6.07, 6.45) is 1.08. The minimum Gasteiger partial charge on any atom is -0.507 e. The monoisotopic (exact) mass is 506 g/mol. The summed E-state index contributed by atoms with van der Waals surface area (Å²) in [7, 11) is 0. The molecule has 0 unspecified atom stereocenters. The standard InChI is InChI=1S/C24H20F2N8O3/c25-17-8-4-15(5-9-17)12-27-22-30-23(28-13-16-6-10-18(26)11-7-16)32-24(31-22)33-29-14-19-20(34(36)37)2-1-3-21(19)35/h1-11,14,35H,12-13H2,(H3,27,28,30,31,32,33)/b29-14+. The highest BCUT2D eigenvalue weighted by Gasteiger charge is 2.15. The Bertz CT molecular complexity index is 1350. The number of hydrogen-bond donors (Lipinski definition) is 4. The molecule has 0 saturated heterocycles. The summed E-state index contributed by atoms with van der Waals surface area (Å²) in [5, 5.41) is 31.2. The van der Waals surface area contributed by atoms with E-state index in [0.717, 1.165) is 17.3 Å². The molecule has 37 heavy (non-hydrogen) atoms. The van der Waals surface area contributed by atoms with Crippen molar-refractivity contribution in [2.45, 2.75) is 13.1 Å². The normalized spacial score (nSPS) is 10.9. The highest BCUT2D eigenvalue weighted by atomic mass is 19.1. The van der Waals surface area contributed by atoms with E-state index in [-0.39, 0.29) is 59.6 Å². The van der Waals surface area contributed by atoms with Gasteiger partial charge in [0.25, 0.3) is 5.69 Å². The molecule has 0 amide bonds. The molecule has 0 aliphatic carbocycles. The number of nitrogens with zero attached hydrogens (tertiary/aromatic N) is 5. The van der Waals surface area contributed by atoms with Gasteiger partial charge in [-0.15, -0.1) is 0 Å². The SMILES string of the molecule is O=[N+]([O-])c1cccc(O)c1/C=N/Nc1nc(NCc2ccc(F)cc2)nc(NCc2ccc(F)cc2)n1. The smallest absolute Gasteiger partial charge is 0.281 e. The van der Waals surface area contributed by atoms with Crippen molar-refractivity contribution in [3.05, 3.63) is 105 Å². The topological polar surface area (TPSA) is 150 Å². The number of rotatable bonds is 10. The van der Waals surface area contributed by atoms with Crippen LogP contribution in [-0.4, -0.2) is 31.2 Å². The van der Waals surface area contributed by atoms with E-state index in [0.29, 0.717) is 0 Å². The van der Waals surface area contributed by atoms with E-state index in [1.807, 2.05) is 0 Å². The van der Waals surface area contributed by atoms with Crippen LogP contribution in [0.1, 0.15) is 16.7 Å². The van der Waals surface area contributed by atoms with Gasteiger partial charge in [0.2, 0.25) is 17.8 Å². The van der Waals surface area contributed by atoms with Gasteiger partial charge in [0.15, 0.2) is 0 Å². The Labute approximate surface area is 209 Å². The Morgan fingerprint density at radius 1 is 0.838 bits per heavy atom. The van der Waals surface area contributed by atoms with Crippen molar-refractivity contribution in [1.82, 2.24) is 15.0 Å². The van der Waals surface area contributed by atoms with Gasteiger partial charge in [0, 0.05) is 19.2 Å². The van der Waals surface area contributed by atoms with Gasteiger partial charge in [-0.1, -0.05) is 30.3 Å². The number of anilines is 3. The van der Waals surface area contributed by atoms with Crippen molar-refractivity contribution in [2.24, 2.45) is 5.10 Å². The molecule has 1 heterocycles. The first-order valence-corrected chi connectivity index (χ1v) is 10.9. The van der Waals surface area contributed by atoms with E-state index in [9.17, 15) is 24.0 Å². The van der Waals surface area contributed by atoms with Crippen LogP contribution in [0.4, 0.5) is 32.3 Å². The van der Waals surface area contributed by atoms with E-state index in [1.54, 1.807) is 24.3 Å². The summed E-state index contributed by atoms with van der Waals surface area (Å²) >= 11 is 0. The largest absolute Gasteiger partial charge is 0.507 e. The number of halogens is 2. The predicted molar refractivity (Wildman–Crippen MR) is 133 cm³/mol. The lowest BCUT2D eigenvalue weighted by Crippen LogP contribution is -2.11. The molecule has 4 rings (SSSR count). The molecular weight excluding hydrogens is 486 g/mol. The summed E-state index contributed by atoms with van der Waals surface area (Å²) in [6, 6.07) is 15.7. The minimum atomic E-state index is -0.640. The molecule has 0 aliphatic heterocycles. The average Bonchev–Trinajstić information content (AvgIpc) is 2.89. The zero-order valence-electron chi connectivity index (χ0n) is 19.1. The lowest BCUT2D eigenvalue weighted by Gasteiger charge is -2.10. The quantitative estimate of drug-likeness (QED) is 0.139. The number of benzene rings is 3. The predicted octanol–water partition coefficient (Wildman–Crippen LogP) is 4.43. The third-order valence-electron chi connectivity index (χ3n) is 4.98. The van der Waals surface area contributed by atoms with E-state index in [1.165, 1.54) is 42.5 Å². The second-order valence-corrected chi connectivity index (χ2v) is 7.60. The molecule has 0 spiro atoms. The van der Waals surface area contributed by atoms with E-state index < -0.39 is 4.92 Å². The van der Waals surface area contributed by atoms with E-state index in [2.05, 4.69) is 36.1 Å². The summed E-state index contributed by atoms with van der Waals surface area (Å²) in [4.78, 5) is 23.3. The van der Waals surface area contributed by atoms with Crippen molar-refractivity contribution < 1.29 is 18.8 Å². The second kappa shape index (κ2) is 11.5. The Morgan fingerprint density at radius 2 is 1.35 bits per heavy atom. The number of nitrogens with one attached hydrogen (secondary N) is 3. The number of nitro groups is 1. The maximum absolute atomic E-state index is 13.2. The van der Waals surface area contributed by atoms with Crippen LogP contribution in [0.3, 0.4) is 0 Å². The Morgan fingerprint density at radius 3 is 1.86 bits per heavy atom. The van der Waals surface area contributed by atoms with Crippen molar-refractivity contribution >= 4 is 29.7 Å². The van der Waals surface area contributed by atoms with Crippen molar-refractivity contribution in [3.63, 3.8) is 0 Å². The Hall–Kier alpha value is -5.20. The number of phenols is 1. The van der Waals surface area contributed by atoms with Crippen LogP contribution in [-0.2, 0) is 13.1 Å². The lowest BCUT2D eigenvalue weighted by molar-refractivity contribution is -0.385. The average molecular weight is 506 g/mol. The van der Waals surface area contributed by atoms with Gasteiger partial charge in [-0.05, 0) is 41.5 Å². The third kappa shape index (κ3) is 6.91. The van der Waals surface area contributed by atoms with Crippen LogP contribution in [0, 0.1) is 21.7 Å². The van der Waals surface area contributed by atoms with Gasteiger partial charge < -0.3 is 15.7 Å². The van der Waals surface area contributed by atoms with Gasteiger partial charge in [-0.25, -0.2) is 14.2 Å². The molecule has 3 aromatic carbocycles. The van der Waals surface area contributed by atoms with Crippen LogP contribution in [0.2, 0.25) is 0 Å². The molecule has 0 saturated carbocycles. The fourth-order valence-electron chi connectivity index (χ4n) is 3.14. The minimum absolute atomic E-state index is 0.00691. The second-order valence-electron chi connectivity index (χ2n) is 7.60. The first kappa shape index (κ1) is 24.9. The zero-order chi connectivity index (χ0) is 26.2. The Balaban J connectivity index is 1.54. The van der Waals surface area contributed by atoms with Crippen LogP contribution in [0.25, 0.3) is 0 Å². The fourth-order valence-corrected chi connectivity index (χ4v) is 3.14. The highest BCUT2D eigenvalue weighted by molar-refractivity contribution is 5.89. The molecular formula is C24H20F2N8O3. The molecule has 13 heteroatoms. The van der Waals surface area contributed by atoms with E-state index >= 15 is 0 Å². The summed E-state index contributed by atoms with van der Waals surface area (Å²) in [5.74, 6) is -0.721. The molecule has 0 aliphatic rings. The highest BCUT2D eigenvalue weighted by Crippen LogP contribution is 2.25. The zero-order valence-corrected chi connectivity index (χ0v) is 19.1. The van der Waals surface area contributed by atoms with Gasteiger partial charge in [0.05, 0.1) is 11.1 Å².